The molecule has 2 rings (SSSR count). The number of esters is 1. The fourth-order valence-corrected chi connectivity index (χ4v) is 2.30. The second-order valence-corrected chi connectivity index (χ2v) is 4.76. The monoisotopic (exact) mass is 263 g/mol. The van der Waals surface area contributed by atoms with Gasteiger partial charge in [-0.05, 0) is 25.0 Å². The molecule has 1 heterocycles. The molecule has 0 bridgehead atoms. The van der Waals surface area contributed by atoms with E-state index in [4.69, 9.17) is 9.84 Å². The molecule has 0 aromatic heterocycles. The number of hydrogen-bond donors (Lipinski definition) is 1. The van der Waals surface area contributed by atoms with Crippen molar-refractivity contribution in [3.05, 3.63) is 35.9 Å². The molecule has 1 aromatic rings. The van der Waals surface area contributed by atoms with Crippen molar-refractivity contribution in [1.29, 1.82) is 0 Å². The molecule has 2 atom stereocenters. The molecule has 1 amide bonds. The normalized spacial score (nSPS) is 22.9. The Bertz CT molecular complexity index is 460. The number of carbonyl (C=O) groups excluding carboxylic acids is 1. The predicted octanol–water partition coefficient (Wildman–Crippen LogP) is 2.58. The van der Waals surface area contributed by atoms with Crippen molar-refractivity contribution in [2.75, 3.05) is 6.54 Å². The van der Waals surface area contributed by atoms with E-state index in [9.17, 15) is 9.59 Å². The molecule has 0 spiro atoms. The quantitative estimate of drug-likeness (QED) is 0.833. The highest BCUT2D eigenvalue weighted by Gasteiger charge is 2.34. The Morgan fingerprint density at radius 1 is 1.32 bits per heavy atom. The first-order valence-electron chi connectivity index (χ1n) is 6.35. The Morgan fingerprint density at radius 2 is 2.00 bits per heavy atom. The van der Waals surface area contributed by atoms with Gasteiger partial charge >= 0.3 is 12.1 Å². The maximum absolute atomic E-state index is 12.0. The summed E-state index contributed by atoms with van der Waals surface area (Å²) in [7, 11) is 0. The van der Waals surface area contributed by atoms with E-state index in [-0.39, 0.29) is 5.92 Å². The van der Waals surface area contributed by atoms with E-state index in [1.54, 1.807) is 24.3 Å². The Kier molecular flexibility index (Phi) is 4.04. The van der Waals surface area contributed by atoms with Gasteiger partial charge in [-0.1, -0.05) is 25.1 Å². The Labute approximate surface area is 111 Å². The molecular weight excluding hydrogens is 246 g/mol. The molecule has 1 fully saturated rings. The van der Waals surface area contributed by atoms with Crippen molar-refractivity contribution in [3.8, 4) is 0 Å². The number of piperidine rings is 1. The lowest BCUT2D eigenvalue weighted by atomic mass is 9.98. The topological polar surface area (TPSA) is 66.8 Å². The molecule has 5 nitrogen and oxygen atoms in total. The standard InChI is InChI=1S/C14H17NO4/c1-10-6-5-9-15(14(17)18)12(10)19-13(16)11-7-3-2-4-8-11/h2-4,7-8,10,12H,5-6,9H2,1H3,(H,17,18). The van der Waals surface area contributed by atoms with Gasteiger partial charge in [0.25, 0.3) is 0 Å². The zero-order valence-corrected chi connectivity index (χ0v) is 10.8. The predicted molar refractivity (Wildman–Crippen MR) is 68.8 cm³/mol. The van der Waals surface area contributed by atoms with Crippen LogP contribution in [-0.2, 0) is 4.74 Å². The molecule has 1 aliphatic rings. The first-order chi connectivity index (χ1) is 9.09. The van der Waals surface area contributed by atoms with Gasteiger partial charge in [0.05, 0.1) is 5.56 Å². The van der Waals surface area contributed by atoms with E-state index in [0.29, 0.717) is 12.1 Å². The number of benzene rings is 1. The van der Waals surface area contributed by atoms with Crippen molar-refractivity contribution in [2.45, 2.75) is 26.0 Å². The maximum atomic E-state index is 12.0. The smallest absolute Gasteiger partial charge is 0.410 e. The highest BCUT2D eigenvalue weighted by Crippen LogP contribution is 2.25. The second kappa shape index (κ2) is 5.73. The summed E-state index contributed by atoms with van der Waals surface area (Å²) in [4.78, 5) is 24.4. The Hall–Kier alpha value is -2.04. The molecule has 19 heavy (non-hydrogen) atoms. The van der Waals surface area contributed by atoms with Gasteiger partial charge in [-0.2, -0.15) is 0 Å². The molecule has 102 valence electrons. The van der Waals surface area contributed by atoms with Gasteiger partial charge in [-0.15, -0.1) is 0 Å². The third kappa shape index (κ3) is 3.05. The Balaban J connectivity index is 2.11. The minimum atomic E-state index is -1.04. The highest BCUT2D eigenvalue weighted by atomic mass is 16.6. The first-order valence-corrected chi connectivity index (χ1v) is 6.35. The van der Waals surface area contributed by atoms with Crippen LogP contribution in [0.4, 0.5) is 4.79 Å². The molecule has 5 heteroatoms. The van der Waals surface area contributed by atoms with Crippen molar-refractivity contribution in [1.82, 2.24) is 4.90 Å². The minimum Gasteiger partial charge on any atom is -0.465 e. The largest absolute Gasteiger partial charge is 0.465 e. The molecule has 1 saturated heterocycles. The zero-order chi connectivity index (χ0) is 13.8. The fourth-order valence-electron chi connectivity index (χ4n) is 2.30. The van der Waals surface area contributed by atoms with E-state index in [1.165, 1.54) is 4.90 Å². The number of carboxylic acid groups (broad SMARTS) is 1. The van der Waals surface area contributed by atoms with Crippen LogP contribution in [-0.4, -0.2) is 34.8 Å². The number of amides is 1. The van der Waals surface area contributed by atoms with Crippen molar-refractivity contribution in [3.63, 3.8) is 0 Å². The van der Waals surface area contributed by atoms with Crippen LogP contribution >= 0.6 is 0 Å². The average molecular weight is 263 g/mol. The molecular formula is C14H17NO4. The van der Waals surface area contributed by atoms with Gasteiger partial charge in [0.1, 0.15) is 0 Å². The van der Waals surface area contributed by atoms with Crippen LogP contribution in [0.3, 0.4) is 0 Å². The van der Waals surface area contributed by atoms with E-state index >= 15 is 0 Å². The van der Waals surface area contributed by atoms with E-state index < -0.39 is 18.3 Å². The summed E-state index contributed by atoms with van der Waals surface area (Å²) in [6.07, 6.45) is -0.0834. The Morgan fingerprint density at radius 3 is 2.63 bits per heavy atom. The van der Waals surface area contributed by atoms with Crippen molar-refractivity contribution in [2.24, 2.45) is 5.92 Å². The summed E-state index contributed by atoms with van der Waals surface area (Å²) in [5, 5.41) is 9.14. The van der Waals surface area contributed by atoms with Crippen LogP contribution < -0.4 is 0 Å². The zero-order valence-electron chi connectivity index (χ0n) is 10.8. The number of hydrogen-bond acceptors (Lipinski definition) is 3. The fraction of sp³-hybridized carbons (Fsp3) is 0.429. The van der Waals surface area contributed by atoms with Crippen LogP contribution in [0.2, 0.25) is 0 Å². The van der Waals surface area contributed by atoms with Crippen LogP contribution in [0, 0.1) is 5.92 Å². The number of carbonyl (C=O) groups is 2. The summed E-state index contributed by atoms with van der Waals surface area (Å²) < 4.78 is 5.37. The molecule has 0 aliphatic carbocycles. The summed E-state index contributed by atoms with van der Waals surface area (Å²) in [6.45, 7) is 2.31. The van der Waals surface area contributed by atoms with E-state index in [1.807, 2.05) is 13.0 Å². The maximum Gasteiger partial charge on any atom is 0.410 e. The minimum absolute atomic E-state index is 0.0116. The summed E-state index contributed by atoms with van der Waals surface area (Å²) in [5.41, 5.74) is 0.436. The van der Waals surface area contributed by atoms with Crippen LogP contribution in [0.15, 0.2) is 30.3 Å². The number of ether oxygens (including phenoxy) is 1. The first kappa shape index (κ1) is 13.4. The van der Waals surface area contributed by atoms with Gasteiger partial charge in [0.15, 0.2) is 6.23 Å². The van der Waals surface area contributed by atoms with Crippen LogP contribution in [0.5, 0.6) is 0 Å². The summed E-state index contributed by atoms with van der Waals surface area (Å²) >= 11 is 0. The SMILES string of the molecule is CC1CCCN(C(=O)O)C1OC(=O)c1ccccc1. The molecule has 0 radical (unpaired) electrons. The highest BCUT2D eigenvalue weighted by molar-refractivity contribution is 5.89. The number of likely N-dealkylation sites (tertiary alicyclic amines) is 1. The van der Waals surface area contributed by atoms with Crippen molar-refractivity contribution >= 4 is 12.1 Å². The van der Waals surface area contributed by atoms with E-state index in [2.05, 4.69) is 0 Å². The molecule has 0 saturated carbocycles. The van der Waals surface area contributed by atoms with E-state index in [0.717, 1.165) is 12.8 Å². The molecule has 1 aromatic carbocycles. The lowest BCUT2D eigenvalue weighted by Gasteiger charge is -2.37. The third-order valence-electron chi connectivity index (χ3n) is 3.34. The van der Waals surface area contributed by atoms with Gasteiger partial charge in [0.2, 0.25) is 0 Å². The third-order valence-corrected chi connectivity index (χ3v) is 3.34. The van der Waals surface area contributed by atoms with Crippen LogP contribution in [0.1, 0.15) is 30.1 Å². The van der Waals surface area contributed by atoms with Gasteiger partial charge in [0, 0.05) is 12.5 Å². The molecule has 2 unspecified atom stereocenters. The number of nitrogens with zero attached hydrogens (tertiary/aromatic N) is 1. The lowest BCUT2D eigenvalue weighted by Crippen LogP contribution is -2.49. The second-order valence-electron chi connectivity index (χ2n) is 4.76. The molecule has 1 N–H and O–H groups in total. The van der Waals surface area contributed by atoms with Gasteiger partial charge in [-0.3, -0.25) is 4.90 Å². The molecule has 1 aliphatic heterocycles. The van der Waals surface area contributed by atoms with Crippen LogP contribution in [0.25, 0.3) is 0 Å². The lowest BCUT2D eigenvalue weighted by molar-refractivity contribution is -0.0652. The summed E-state index contributed by atoms with van der Waals surface area (Å²) in [5.74, 6) is -0.469. The number of rotatable bonds is 2. The van der Waals surface area contributed by atoms with Gasteiger partial charge < -0.3 is 9.84 Å². The van der Waals surface area contributed by atoms with Gasteiger partial charge in [-0.25, -0.2) is 9.59 Å². The average Bonchev–Trinajstić information content (AvgIpc) is 2.41. The summed E-state index contributed by atoms with van der Waals surface area (Å²) in [6, 6.07) is 8.61. The van der Waals surface area contributed by atoms with Crippen molar-refractivity contribution < 1.29 is 19.4 Å².